The molecule has 0 aromatic rings. The van der Waals surface area contributed by atoms with E-state index in [1.807, 2.05) is 0 Å². The highest BCUT2D eigenvalue weighted by Crippen LogP contribution is 2.44. The van der Waals surface area contributed by atoms with Crippen LogP contribution in [0.4, 0.5) is 0 Å². The molecule has 0 aromatic carbocycles. The van der Waals surface area contributed by atoms with E-state index in [0.29, 0.717) is 0 Å². The normalized spacial score (nSPS) is 37.1. The molecular weight excluding hydrogens is 122 g/mol. The van der Waals surface area contributed by atoms with Crippen LogP contribution in [-0.2, 0) is 0 Å². The molecule has 0 aromatic heterocycles. The molecule has 2 atom stereocenters. The van der Waals surface area contributed by atoms with Crippen LogP contribution in [0.1, 0.15) is 12.8 Å². The number of fused-ring (bicyclic) bond motifs is 1. The van der Waals surface area contributed by atoms with Crippen molar-refractivity contribution in [3.63, 3.8) is 0 Å². The highest BCUT2D eigenvalue weighted by molar-refractivity contribution is 4.97. The van der Waals surface area contributed by atoms with Crippen LogP contribution in [0.15, 0.2) is 0 Å². The van der Waals surface area contributed by atoms with Gasteiger partial charge in [-0.3, -0.25) is 0 Å². The van der Waals surface area contributed by atoms with E-state index in [2.05, 4.69) is 10.8 Å². The Kier molecular flexibility index (Phi) is 1.43. The molecular formula is C9H13N. The fourth-order valence-electron chi connectivity index (χ4n) is 1.90. The molecule has 1 heterocycles. The quantitative estimate of drug-likeness (QED) is 0.510. The average molecular weight is 135 g/mol. The molecule has 1 heteroatoms. The first-order valence-electron chi connectivity index (χ1n) is 4.06. The van der Waals surface area contributed by atoms with Gasteiger partial charge in [0.1, 0.15) is 0 Å². The summed E-state index contributed by atoms with van der Waals surface area (Å²) in [5.74, 6) is 4.79. The van der Waals surface area contributed by atoms with Crippen molar-refractivity contribution in [3.05, 3.63) is 0 Å². The molecule has 0 N–H and O–H groups in total. The number of terminal acetylenes is 1. The van der Waals surface area contributed by atoms with Crippen molar-refractivity contribution in [2.75, 3.05) is 19.6 Å². The molecule has 2 aliphatic rings. The summed E-state index contributed by atoms with van der Waals surface area (Å²) >= 11 is 0. The summed E-state index contributed by atoms with van der Waals surface area (Å²) in [6.45, 7) is 3.78. The van der Waals surface area contributed by atoms with Crippen molar-refractivity contribution in [1.82, 2.24) is 4.90 Å². The van der Waals surface area contributed by atoms with Crippen LogP contribution >= 0.6 is 0 Å². The number of likely N-dealkylation sites (tertiary alicyclic amines) is 1. The third kappa shape index (κ3) is 1.04. The third-order valence-electron chi connectivity index (χ3n) is 2.63. The zero-order valence-electron chi connectivity index (χ0n) is 6.21. The second kappa shape index (κ2) is 2.29. The lowest BCUT2D eigenvalue weighted by Gasteiger charge is -2.14. The third-order valence-corrected chi connectivity index (χ3v) is 2.63. The van der Waals surface area contributed by atoms with Crippen LogP contribution < -0.4 is 0 Å². The van der Waals surface area contributed by atoms with Crippen LogP contribution in [0.5, 0.6) is 0 Å². The maximum absolute atomic E-state index is 5.18. The van der Waals surface area contributed by atoms with E-state index in [9.17, 15) is 0 Å². The highest BCUT2D eigenvalue weighted by Gasteiger charge is 2.44. The molecule has 1 saturated heterocycles. The van der Waals surface area contributed by atoms with Crippen LogP contribution in [0.2, 0.25) is 0 Å². The lowest BCUT2D eigenvalue weighted by Crippen LogP contribution is -2.23. The Balaban J connectivity index is 1.72. The first-order valence-corrected chi connectivity index (χ1v) is 4.06. The summed E-state index contributed by atoms with van der Waals surface area (Å²) in [7, 11) is 0. The van der Waals surface area contributed by atoms with E-state index in [4.69, 9.17) is 6.42 Å². The predicted octanol–water partition coefficient (Wildman–Crippen LogP) is 0.961. The molecule has 0 bridgehead atoms. The lowest BCUT2D eigenvalue weighted by molar-refractivity contribution is 0.312. The summed E-state index contributed by atoms with van der Waals surface area (Å²) in [6, 6.07) is 0. The van der Waals surface area contributed by atoms with Crippen LogP contribution in [0, 0.1) is 24.2 Å². The van der Waals surface area contributed by atoms with Crippen molar-refractivity contribution in [2.45, 2.75) is 12.8 Å². The summed E-state index contributed by atoms with van der Waals surface area (Å²) in [4.78, 5) is 2.50. The number of nitrogens with zero attached hydrogens (tertiary/aromatic N) is 1. The summed E-state index contributed by atoms with van der Waals surface area (Å²) in [5.41, 5.74) is 0. The second-order valence-corrected chi connectivity index (χ2v) is 3.47. The Bertz CT molecular complexity index is 158. The summed E-state index contributed by atoms with van der Waals surface area (Å²) in [5, 5.41) is 0. The minimum atomic E-state index is 0.930. The zero-order valence-corrected chi connectivity index (χ0v) is 6.21. The predicted molar refractivity (Wildman–Crippen MR) is 41.5 cm³/mol. The van der Waals surface area contributed by atoms with E-state index in [1.54, 1.807) is 0 Å². The van der Waals surface area contributed by atoms with E-state index >= 15 is 0 Å². The number of piperidine rings is 1. The Morgan fingerprint density at radius 1 is 1.40 bits per heavy atom. The highest BCUT2D eigenvalue weighted by atomic mass is 15.2. The van der Waals surface area contributed by atoms with Gasteiger partial charge < -0.3 is 4.90 Å². The van der Waals surface area contributed by atoms with Gasteiger partial charge in [-0.25, -0.2) is 0 Å². The smallest absolute Gasteiger partial charge is 0.0214 e. The lowest BCUT2D eigenvalue weighted by atomic mass is 10.4. The topological polar surface area (TPSA) is 3.24 Å². The summed E-state index contributed by atoms with van der Waals surface area (Å²) < 4.78 is 0. The number of rotatable bonds is 2. The SMILES string of the molecule is C#CCCN1CC2CC2C1. The van der Waals surface area contributed by atoms with Crippen LogP contribution in [0.25, 0.3) is 0 Å². The first-order chi connectivity index (χ1) is 4.90. The fraction of sp³-hybridized carbons (Fsp3) is 0.778. The number of hydrogen-bond donors (Lipinski definition) is 0. The van der Waals surface area contributed by atoms with E-state index < -0.39 is 0 Å². The van der Waals surface area contributed by atoms with Gasteiger partial charge in [0.2, 0.25) is 0 Å². The van der Waals surface area contributed by atoms with Gasteiger partial charge in [-0.05, 0) is 18.3 Å². The largest absolute Gasteiger partial charge is 0.302 e. The maximum Gasteiger partial charge on any atom is 0.0214 e. The number of hydrogen-bond acceptors (Lipinski definition) is 1. The van der Waals surface area contributed by atoms with Gasteiger partial charge in [0.15, 0.2) is 0 Å². The van der Waals surface area contributed by atoms with Gasteiger partial charge >= 0.3 is 0 Å². The molecule has 10 heavy (non-hydrogen) atoms. The van der Waals surface area contributed by atoms with Gasteiger partial charge in [0.05, 0.1) is 0 Å². The molecule has 0 radical (unpaired) electrons. The van der Waals surface area contributed by atoms with Gasteiger partial charge in [-0.1, -0.05) is 0 Å². The second-order valence-electron chi connectivity index (χ2n) is 3.47. The molecule has 2 rings (SSSR count). The Labute approximate surface area is 62.4 Å². The van der Waals surface area contributed by atoms with E-state index in [0.717, 1.165) is 24.8 Å². The molecule has 1 saturated carbocycles. The Hall–Kier alpha value is -0.480. The van der Waals surface area contributed by atoms with E-state index in [1.165, 1.54) is 19.5 Å². The van der Waals surface area contributed by atoms with Gasteiger partial charge in [-0.15, -0.1) is 12.3 Å². The van der Waals surface area contributed by atoms with Crippen molar-refractivity contribution in [1.29, 1.82) is 0 Å². The summed E-state index contributed by atoms with van der Waals surface area (Å²) in [6.07, 6.45) is 7.60. The molecule has 1 aliphatic heterocycles. The Morgan fingerprint density at radius 3 is 2.70 bits per heavy atom. The molecule has 54 valence electrons. The first kappa shape index (κ1) is 6.24. The Morgan fingerprint density at radius 2 is 2.10 bits per heavy atom. The zero-order chi connectivity index (χ0) is 6.97. The van der Waals surface area contributed by atoms with Crippen molar-refractivity contribution < 1.29 is 0 Å². The van der Waals surface area contributed by atoms with E-state index in [-0.39, 0.29) is 0 Å². The molecule has 1 nitrogen and oxygen atoms in total. The minimum Gasteiger partial charge on any atom is -0.302 e. The molecule has 0 spiro atoms. The van der Waals surface area contributed by atoms with Crippen molar-refractivity contribution in [3.8, 4) is 12.3 Å². The fourth-order valence-corrected chi connectivity index (χ4v) is 1.90. The van der Waals surface area contributed by atoms with Gasteiger partial charge in [-0.2, -0.15) is 0 Å². The maximum atomic E-state index is 5.18. The van der Waals surface area contributed by atoms with Crippen LogP contribution in [0.3, 0.4) is 0 Å². The van der Waals surface area contributed by atoms with Crippen LogP contribution in [-0.4, -0.2) is 24.5 Å². The van der Waals surface area contributed by atoms with Gasteiger partial charge in [0.25, 0.3) is 0 Å². The minimum absolute atomic E-state index is 0.930. The molecule has 0 amide bonds. The standard InChI is InChI=1S/C9H13N/c1-2-3-4-10-6-8-5-9(8)7-10/h1,8-9H,3-7H2. The average Bonchev–Trinajstić information content (AvgIpc) is 2.56. The van der Waals surface area contributed by atoms with Crippen molar-refractivity contribution >= 4 is 0 Å². The molecule has 2 unspecified atom stereocenters. The monoisotopic (exact) mass is 135 g/mol. The van der Waals surface area contributed by atoms with Crippen molar-refractivity contribution in [2.24, 2.45) is 11.8 Å². The van der Waals surface area contributed by atoms with Gasteiger partial charge in [0, 0.05) is 26.1 Å². The molecule has 1 aliphatic carbocycles. The molecule has 2 fully saturated rings.